The lowest BCUT2D eigenvalue weighted by Gasteiger charge is -2.43. The Bertz CT molecular complexity index is 4570. The van der Waals surface area contributed by atoms with Crippen LogP contribution < -0.4 is 27.0 Å². The molecule has 34 heteroatoms. The van der Waals surface area contributed by atoms with E-state index in [1.54, 1.807) is 63.2 Å². The van der Waals surface area contributed by atoms with Gasteiger partial charge < -0.3 is 94.1 Å². The standard InChI is InChI=1S/C92H134N14O20/c1-56-20-14-13-15-21-58(3)72(117-9)51-67-27-23-63(8)92(116,126-67)85(113)88(114)105-34-18-16-22-69(105)89(115)124-74(52-73(118-10)59(4)47-62(7)83(112)84(120-12)82(111)61(6)44-56)60(5)48-64-24-28-71(75(49-64)119-11)123-79(110)30-25-65-53-97-91(98-54-65)104-38-36-103(37-39-104)78(109)46-57(2)45-77(108)96-33-41-122-43-42-121-40-31-76(107)95-32-17-19-35-106-87-80(86(93)99-55-100-87)81(102-106)66-26-29-70-68(50-66)101-90(94)125-70/h13-15,20-21,26,29,47,50,53-57,59-61,63-64,67,69,71-75,83-84,112,116H,16-19,22-25,27-28,30-46,48-49,51-52H2,1-12H3,(H2,94,101)(H,95,107)(H,96,108)(H2,93,99,100)/b15-13+,20-14+,58-21+,62-47+/t56-,57?,59-,60-,61-,63-,64+,67+,69+,71-,72+,73-,74+,75-,83-,84+,92-/m1/s1. The third-order valence-corrected chi connectivity index (χ3v) is 25.2. The maximum atomic E-state index is 15.0. The summed E-state index contributed by atoms with van der Waals surface area (Å²) >= 11 is 0. The molecule has 8 N–H and O–H groups in total. The highest BCUT2D eigenvalue weighted by atomic mass is 16.6. The highest BCUT2D eigenvalue weighted by Crippen LogP contribution is 2.40. The van der Waals surface area contributed by atoms with E-state index in [0.717, 1.165) is 16.7 Å². The fourth-order valence-corrected chi connectivity index (χ4v) is 17.8. The molecule has 1 aromatic carbocycles. The number of oxazole rings is 1. The number of cyclic esters (lactones) is 1. The van der Waals surface area contributed by atoms with Crippen molar-refractivity contribution in [1.82, 2.24) is 55.1 Å². The molecule has 8 heterocycles. The normalized spacial score (nSPS) is 28.1. The molecular weight excluding hydrogens is 1620 g/mol. The minimum absolute atomic E-state index is 0.00235. The molecule has 692 valence electrons. The number of hydrogen-bond donors (Lipinski definition) is 6. The Labute approximate surface area is 738 Å². The number of aryl methyl sites for hydroxylation is 2. The number of nitrogen functional groups attached to an aromatic ring is 2. The summed E-state index contributed by atoms with van der Waals surface area (Å²) in [4.78, 5) is 138. The molecule has 2 bridgehead atoms. The number of ether oxygens (including phenoxy) is 9. The first-order valence-corrected chi connectivity index (χ1v) is 44.8. The van der Waals surface area contributed by atoms with Gasteiger partial charge in [-0.1, -0.05) is 78.0 Å². The van der Waals surface area contributed by atoms with Crippen molar-refractivity contribution >= 4 is 87.0 Å². The van der Waals surface area contributed by atoms with E-state index in [0.29, 0.717) is 174 Å². The topological polar surface area (TPSA) is 441 Å². The lowest BCUT2D eigenvalue weighted by Crippen LogP contribution is -2.61. The van der Waals surface area contributed by atoms with Crippen LogP contribution in [0.1, 0.15) is 177 Å². The van der Waals surface area contributed by atoms with Gasteiger partial charge in [-0.05, 0) is 156 Å². The molecule has 4 amide bonds. The number of aliphatic hydroxyl groups excluding tert-OH is 1. The van der Waals surface area contributed by atoms with Crippen molar-refractivity contribution in [2.24, 2.45) is 41.4 Å². The van der Waals surface area contributed by atoms with Gasteiger partial charge in [0.25, 0.3) is 17.7 Å². The zero-order valence-corrected chi connectivity index (χ0v) is 75.5. The van der Waals surface area contributed by atoms with Crippen molar-refractivity contribution in [3.8, 4) is 11.3 Å². The Balaban J connectivity index is 0.630. The SMILES string of the molecule is CO[C@H]1C[C@@H]2CC[C@@H](C)[C@@](O)(O2)C(=O)C(=O)N2CCCC[C@H]2C(=O)O[C@H]([C@H](C)C[C@@H]2CC[C@@H](OC(=O)CCc3cnc(N4CCN(C(=O)CC(C)CC(=O)NCCOCCOCCC(=O)NCCCCn5nc(-c6ccc7oc(N)nc7c6)c6c(N)ncnc65)CC4)nc3)[C@H](OC)C2)C[C@@H](OC)[C@H](C)/C=C(\C)[C@@H](O)[C@@H](OC)C(=O)[C@H](C)C[C@H](C)/C=C/C=C/C=C/1C. The summed E-state index contributed by atoms with van der Waals surface area (Å²) in [7, 11) is 6.15. The van der Waals surface area contributed by atoms with Gasteiger partial charge in [0.2, 0.25) is 29.5 Å². The number of nitrogens with zero attached hydrogens (tertiary/aromatic N) is 10. The van der Waals surface area contributed by atoms with Crippen LogP contribution in [-0.4, -0.2) is 263 Å². The molecule has 17 atom stereocenters. The second-order valence-electron chi connectivity index (χ2n) is 34.9. The number of anilines is 3. The fraction of sp³-hybridized carbons (Fsp3) is 0.652. The number of nitrogens with one attached hydrogen (secondary N) is 2. The Morgan fingerprint density at radius 3 is 2.22 bits per heavy atom. The van der Waals surface area contributed by atoms with Crippen molar-refractivity contribution < 1.29 is 95.6 Å². The minimum atomic E-state index is -2.47. The number of fused-ring (bicyclic) bond motifs is 5. The predicted octanol–water partition coefficient (Wildman–Crippen LogP) is 8.91. The van der Waals surface area contributed by atoms with Crippen LogP contribution in [0.15, 0.2) is 88.9 Å². The maximum Gasteiger partial charge on any atom is 0.329 e. The molecule has 0 spiro atoms. The van der Waals surface area contributed by atoms with Gasteiger partial charge in [0, 0.05) is 155 Å². The number of aliphatic hydroxyl groups is 2. The first-order valence-electron chi connectivity index (χ1n) is 44.8. The fourth-order valence-electron chi connectivity index (χ4n) is 17.8. The highest BCUT2D eigenvalue weighted by Gasteiger charge is 2.53. The summed E-state index contributed by atoms with van der Waals surface area (Å²) in [6.45, 7) is 19.4. The monoisotopic (exact) mass is 1750 g/mol. The van der Waals surface area contributed by atoms with Crippen molar-refractivity contribution in [3.05, 3.63) is 90.1 Å². The van der Waals surface area contributed by atoms with E-state index in [-0.39, 0.29) is 125 Å². The lowest BCUT2D eigenvalue weighted by molar-refractivity contribution is -0.265. The van der Waals surface area contributed by atoms with Gasteiger partial charge in [-0.3, -0.25) is 33.6 Å². The molecule has 0 radical (unpaired) electrons. The number of rotatable bonds is 31. The predicted molar refractivity (Wildman–Crippen MR) is 471 cm³/mol. The molecule has 5 aromatic rings. The first kappa shape index (κ1) is 98.7. The molecule has 1 unspecified atom stereocenters. The van der Waals surface area contributed by atoms with Gasteiger partial charge >= 0.3 is 11.9 Å². The van der Waals surface area contributed by atoms with E-state index in [1.165, 1.54) is 18.3 Å². The van der Waals surface area contributed by atoms with E-state index < -0.39 is 102 Å². The van der Waals surface area contributed by atoms with Crippen molar-refractivity contribution in [1.29, 1.82) is 0 Å². The summed E-state index contributed by atoms with van der Waals surface area (Å²) in [5.41, 5.74) is 17.3. The number of methoxy groups -OCH3 is 4. The molecule has 10 rings (SSSR count). The molecule has 4 fully saturated rings. The average Bonchev–Trinajstić information content (AvgIpc) is 1.33. The van der Waals surface area contributed by atoms with Gasteiger partial charge in [-0.15, -0.1) is 0 Å². The number of hydrogen-bond acceptors (Lipinski definition) is 29. The van der Waals surface area contributed by atoms with Crippen molar-refractivity contribution in [2.45, 2.75) is 245 Å². The van der Waals surface area contributed by atoms with Crippen LogP contribution in [0.4, 0.5) is 17.8 Å². The van der Waals surface area contributed by atoms with Crippen molar-refractivity contribution in [2.75, 3.05) is 117 Å². The van der Waals surface area contributed by atoms with Crippen LogP contribution in [0.5, 0.6) is 0 Å². The Morgan fingerprint density at radius 2 is 1.48 bits per heavy atom. The number of nitrogens with two attached hydrogens (primary N) is 2. The maximum absolute atomic E-state index is 15.0. The number of benzene rings is 1. The summed E-state index contributed by atoms with van der Waals surface area (Å²) in [5.74, 6) is -7.54. The number of ketones is 2. The lowest BCUT2D eigenvalue weighted by atomic mass is 9.78. The van der Waals surface area contributed by atoms with Crippen LogP contribution in [0.2, 0.25) is 0 Å². The number of Topliss-reactive ketones (excluding diaryl/α,β-unsaturated/α-hetero) is 2. The summed E-state index contributed by atoms with van der Waals surface area (Å²) in [5, 5.41) is 35.3. The van der Waals surface area contributed by atoms with Crippen LogP contribution in [0.3, 0.4) is 0 Å². The largest absolute Gasteiger partial charge is 0.460 e. The van der Waals surface area contributed by atoms with E-state index in [2.05, 4.69) is 35.6 Å². The second-order valence-corrected chi connectivity index (χ2v) is 34.9. The number of esters is 2. The second kappa shape index (κ2) is 48.0. The van der Waals surface area contributed by atoms with Crippen LogP contribution in [-0.2, 0) is 94.0 Å². The molecule has 1 aliphatic carbocycles. The van der Waals surface area contributed by atoms with Crippen molar-refractivity contribution in [3.63, 3.8) is 0 Å². The first-order chi connectivity index (χ1) is 60.5. The zero-order valence-electron chi connectivity index (χ0n) is 75.5. The van der Waals surface area contributed by atoms with Crippen LogP contribution >= 0.6 is 0 Å². The number of unbranched alkanes of at least 4 members (excludes halogenated alkanes) is 1. The highest BCUT2D eigenvalue weighted by molar-refractivity contribution is 6.39. The summed E-state index contributed by atoms with van der Waals surface area (Å²) in [6.07, 6.45) is 18.2. The number of piperidine rings is 1. The molecule has 3 saturated heterocycles. The van der Waals surface area contributed by atoms with Crippen LogP contribution in [0.25, 0.3) is 33.4 Å². The number of allylic oxidation sites excluding steroid dienone is 5. The minimum Gasteiger partial charge on any atom is -0.460 e. The molecule has 4 aromatic heterocycles. The van der Waals surface area contributed by atoms with E-state index in [1.807, 2.05) is 95.0 Å². The van der Waals surface area contributed by atoms with Crippen LogP contribution in [0, 0.1) is 41.4 Å². The number of carbonyl (C=O) groups is 8. The molecule has 4 aliphatic heterocycles. The zero-order chi connectivity index (χ0) is 90.7. The van der Waals surface area contributed by atoms with E-state index in [4.69, 9.17) is 63.6 Å². The molecular formula is C92H134N14O20. The van der Waals surface area contributed by atoms with Gasteiger partial charge in [0.1, 0.15) is 53.8 Å². The third kappa shape index (κ3) is 27.3. The van der Waals surface area contributed by atoms with Gasteiger partial charge in [-0.25, -0.2) is 29.4 Å². The number of piperazine rings is 1. The van der Waals surface area contributed by atoms with E-state index >= 15 is 0 Å². The van der Waals surface area contributed by atoms with Gasteiger partial charge in [-0.2, -0.15) is 10.1 Å². The Kier molecular flexibility index (Phi) is 37.6. The summed E-state index contributed by atoms with van der Waals surface area (Å²) < 4.78 is 61.4. The molecule has 34 nitrogen and oxygen atoms in total. The van der Waals surface area contributed by atoms with Gasteiger partial charge in [0.15, 0.2) is 17.0 Å². The Hall–Kier alpha value is -9.52. The number of carbonyl (C=O) groups excluding carboxylic acids is 8. The smallest absolute Gasteiger partial charge is 0.329 e. The Morgan fingerprint density at radius 1 is 0.738 bits per heavy atom. The summed E-state index contributed by atoms with van der Waals surface area (Å²) in [6, 6.07) is 4.38. The number of aromatic nitrogens is 7. The number of amides is 4. The quantitative estimate of drug-likeness (QED) is 0.0104. The average molecular weight is 1760 g/mol. The molecule has 126 heavy (non-hydrogen) atoms. The molecule has 5 aliphatic rings. The third-order valence-electron chi connectivity index (χ3n) is 25.2. The van der Waals surface area contributed by atoms with E-state index in [9.17, 15) is 48.6 Å². The van der Waals surface area contributed by atoms with Gasteiger partial charge in [0.05, 0.1) is 56.2 Å². The molecule has 1 saturated carbocycles.